The van der Waals surface area contributed by atoms with Crippen LogP contribution in [0.3, 0.4) is 0 Å². The van der Waals surface area contributed by atoms with Gasteiger partial charge in [0.25, 0.3) is 0 Å². The van der Waals surface area contributed by atoms with E-state index in [-0.39, 0.29) is 53.1 Å². The molecular formula is C25H25BrN2O4S3. The largest absolute Gasteiger partial charge is 0.480 e. The van der Waals surface area contributed by atoms with Crippen molar-refractivity contribution in [3.8, 4) is 0 Å². The number of aromatic nitrogens is 1. The van der Waals surface area contributed by atoms with Gasteiger partial charge in [0.15, 0.2) is 3.95 Å². The van der Waals surface area contributed by atoms with Crippen LogP contribution in [0, 0.1) is 39.5 Å². The summed E-state index contributed by atoms with van der Waals surface area (Å²) in [7, 11) is 0. The maximum atomic E-state index is 13.7. The Labute approximate surface area is 225 Å². The Bertz CT molecular complexity index is 1310. The first-order chi connectivity index (χ1) is 16.7. The number of hydrogen-bond acceptors (Lipinski definition) is 6. The number of likely N-dealkylation sites (tertiary alicyclic amines) is 1. The minimum Gasteiger partial charge on any atom is -0.480 e. The second-order valence-electron chi connectivity index (χ2n) is 10.5. The molecule has 2 aromatic rings. The number of carbonyl (C=O) groups is 3. The van der Waals surface area contributed by atoms with Crippen molar-refractivity contribution in [3.05, 3.63) is 43.1 Å². The quantitative estimate of drug-likeness (QED) is 0.350. The zero-order valence-electron chi connectivity index (χ0n) is 19.1. The standard InChI is InChI=1S/C25H25BrN2O4S3/c1-9(2)6-14(24(31)32)28-22(29)17-12-8-13(18(17)23(28)30)19-16(12)15(10-4-3-5-11(26)7-10)20-21(34-19)27-25(33)35-20/h3-5,7,9,12-19H,6,8H2,1-2H3,(H,27,33)(H,31,32). The zero-order valence-corrected chi connectivity index (χ0v) is 23.2. The van der Waals surface area contributed by atoms with Gasteiger partial charge < -0.3 is 10.1 Å². The number of nitrogens with zero attached hydrogens (tertiary/aromatic N) is 1. The minimum absolute atomic E-state index is 0.0465. The number of benzene rings is 1. The summed E-state index contributed by atoms with van der Waals surface area (Å²) >= 11 is 12.5. The fourth-order valence-corrected chi connectivity index (χ4v) is 10.9. The third-order valence-corrected chi connectivity index (χ3v) is 11.7. The van der Waals surface area contributed by atoms with E-state index in [1.165, 1.54) is 10.4 Å². The summed E-state index contributed by atoms with van der Waals surface area (Å²) in [4.78, 5) is 45.2. The van der Waals surface area contributed by atoms with Crippen molar-refractivity contribution in [1.29, 1.82) is 0 Å². The number of halogens is 1. The van der Waals surface area contributed by atoms with E-state index in [2.05, 4.69) is 33.0 Å². The smallest absolute Gasteiger partial charge is 0.326 e. The average Bonchev–Trinajstić information content (AvgIpc) is 3.51. The fourth-order valence-electron chi connectivity index (χ4n) is 7.18. The van der Waals surface area contributed by atoms with E-state index in [1.807, 2.05) is 26.0 Å². The number of carboxylic acid groups (broad SMARTS) is 1. The molecular weight excluding hydrogens is 568 g/mol. The normalized spacial score (nSPS) is 33.7. The highest BCUT2D eigenvalue weighted by Gasteiger charge is 2.70. The molecule has 2 aliphatic heterocycles. The maximum absolute atomic E-state index is 13.7. The van der Waals surface area contributed by atoms with Gasteiger partial charge in [-0.1, -0.05) is 41.9 Å². The first-order valence-electron chi connectivity index (χ1n) is 11.9. The number of carbonyl (C=O) groups excluding carboxylic acids is 2. The van der Waals surface area contributed by atoms with Crippen molar-refractivity contribution in [2.45, 2.75) is 48.9 Å². The highest BCUT2D eigenvalue weighted by atomic mass is 79.9. The molecule has 8 unspecified atom stereocenters. The highest BCUT2D eigenvalue weighted by Crippen LogP contribution is 2.69. The van der Waals surface area contributed by atoms with Crippen molar-refractivity contribution in [3.63, 3.8) is 0 Å². The van der Waals surface area contributed by atoms with Crippen molar-refractivity contribution in [2.24, 2.45) is 35.5 Å². The summed E-state index contributed by atoms with van der Waals surface area (Å²) < 4.78 is 1.74. The number of carboxylic acids is 1. The number of amides is 2. The Morgan fingerprint density at radius 1 is 1.26 bits per heavy atom. The lowest BCUT2D eigenvalue weighted by molar-refractivity contribution is -0.156. The topological polar surface area (TPSA) is 90.5 Å². The van der Waals surface area contributed by atoms with Gasteiger partial charge in [0, 0.05) is 20.5 Å². The molecule has 8 atom stereocenters. The molecule has 3 heterocycles. The van der Waals surface area contributed by atoms with Gasteiger partial charge in [-0.3, -0.25) is 14.5 Å². The highest BCUT2D eigenvalue weighted by molar-refractivity contribution is 9.10. The second-order valence-corrected chi connectivity index (χ2v) is 14.4. The van der Waals surface area contributed by atoms with Crippen LogP contribution in [-0.4, -0.2) is 44.1 Å². The predicted molar refractivity (Wildman–Crippen MR) is 140 cm³/mol. The van der Waals surface area contributed by atoms with Crippen molar-refractivity contribution in [2.75, 3.05) is 0 Å². The van der Waals surface area contributed by atoms with Crippen molar-refractivity contribution >= 4 is 69.0 Å². The Hall–Kier alpha value is -1.49. The monoisotopic (exact) mass is 592 g/mol. The van der Waals surface area contributed by atoms with Gasteiger partial charge in [0.05, 0.1) is 16.9 Å². The number of thiazole rings is 1. The number of aliphatic carboxylic acids is 1. The van der Waals surface area contributed by atoms with E-state index >= 15 is 0 Å². The molecule has 2 saturated carbocycles. The van der Waals surface area contributed by atoms with Crippen LogP contribution >= 0.6 is 51.2 Å². The number of thioether (sulfide) groups is 1. The number of H-pyrrole nitrogens is 1. The summed E-state index contributed by atoms with van der Waals surface area (Å²) in [5, 5.41) is 11.2. The van der Waals surface area contributed by atoms with E-state index in [0.717, 1.165) is 24.8 Å². The molecule has 2 amide bonds. The first-order valence-corrected chi connectivity index (χ1v) is 14.8. The van der Waals surface area contributed by atoms with Crippen LogP contribution in [0.4, 0.5) is 0 Å². The summed E-state index contributed by atoms with van der Waals surface area (Å²) in [6, 6.07) is 7.23. The van der Waals surface area contributed by atoms with Gasteiger partial charge in [-0.2, -0.15) is 0 Å². The Kier molecular flexibility index (Phi) is 5.82. The van der Waals surface area contributed by atoms with Crippen LogP contribution in [0.5, 0.6) is 0 Å². The number of aromatic amines is 1. The molecule has 4 aliphatic rings. The Balaban J connectivity index is 1.42. The lowest BCUT2D eigenvalue weighted by Gasteiger charge is -2.43. The molecule has 6 nitrogen and oxygen atoms in total. The van der Waals surface area contributed by atoms with E-state index < -0.39 is 23.8 Å². The molecule has 1 aromatic heterocycles. The number of rotatable bonds is 5. The fraction of sp³-hybridized carbons (Fsp3) is 0.520. The first kappa shape index (κ1) is 23.9. The minimum atomic E-state index is -1.10. The van der Waals surface area contributed by atoms with Crippen LogP contribution in [0.25, 0.3) is 0 Å². The SMILES string of the molecule is CC(C)CC(C(=O)O)N1C(=O)C2C3CC(C2C1=O)C1C(c2cccc(Br)c2)c2sc(=S)[nH]c2SC31. The number of fused-ring (bicyclic) bond motifs is 9. The van der Waals surface area contributed by atoms with E-state index in [0.29, 0.717) is 0 Å². The third-order valence-electron chi connectivity index (χ3n) is 8.26. The summed E-state index contributed by atoms with van der Waals surface area (Å²) in [6.45, 7) is 3.84. The number of imide groups is 1. The average molecular weight is 594 g/mol. The number of nitrogens with one attached hydrogen (secondary N) is 1. The second kappa shape index (κ2) is 8.53. The molecule has 2 bridgehead atoms. The van der Waals surface area contributed by atoms with Gasteiger partial charge in [-0.15, -0.1) is 23.1 Å². The molecule has 2 aliphatic carbocycles. The lowest BCUT2D eigenvalue weighted by Crippen LogP contribution is -2.47. The zero-order chi connectivity index (χ0) is 24.8. The molecule has 3 fully saturated rings. The van der Waals surface area contributed by atoms with Crippen LogP contribution in [0.1, 0.15) is 43.0 Å². The van der Waals surface area contributed by atoms with E-state index in [1.54, 1.807) is 23.1 Å². The molecule has 0 spiro atoms. The van der Waals surface area contributed by atoms with E-state index in [9.17, 15) is 19.5 Å². The van der Waals surface area contributed by atoms with Crippen LogP contribution in [-0.2, 0) is 14.4 Å². The molecule has 0 radical (unpaired) electrons. The summed E-state index contributed by atoms with van der Waals surface area (Å²) in [5.74, 6) is -2.04. The summed E-state index contributed by atoms with van der Waals surface area (Å²) in [5.41, 5.74) is 1.18. The Morgan fingerprint density at radius 3 is 2.63 bits per heavy atom. The van der Waals surface area contributed by atoms with Crippen LogP contribution in [0.2, 0.25) is 0 Å². The van der Waals surface area contributed by atoms with Gasteiger partial charge in [0.1, 0.15) is 6.04 Å². The van der Waals surface area contributed by atoms with E-state index in [4.69, 9.17) is 12.2 Å². The summed E-state index contributed by atoms with van der Waals surface area (Å²) in [6.07, 6.45) is 1.11. The third kappa shape index (κ3) is 3.54. The molecule has 35 heavy (non-hydrogen) atoms. The van der Waals surface area contributed by atoms with Crippen LogP contribution < -0.4 is 0 Å². The van der Waals surface area contributed by atoms with Gasteiger partial charge in [-0.05, 0) is 66.4 Å². The number of hydrogen-bond donors (Lipinski definition) is 2. The van der Waals surface area contributed by atoms with Gasteiger partial charge in [-0.25, -0.2) is 4.79 Å². The molecule has 10 heteroatoms. The predicted octanol–water partition coefficient (Wildman–Crippen LogP) is 5.54. The maximum Gasteiger partial charge on any atom is 0.326 e. The molecule has 184 valence electrons. The van der Waals surface area contributed by atoms with Crippen molar-refractivity contribution < 1.29 is 19.5 Å². The molecule has 2 N–H and O–H groups in total. The van der Waals surface area contributed by atoms with Gasteiger partial charge in [0.2, 0.25) is 11.8 Å². The van der Waals surface area contributed by atoms with Crippen molar-refractivity contribution in [1.82, 2.24) is 9.88 Å². The van der Waals surface area contributed by atoms with Gasteiger partial charge >= 0.3 is 5.97 Å². The molecule has 1 saturated heterocycles. The van der Waals surface area contributed by atoms with Crippen LogP contribution in [0.15, 0.2) is 33.8 Å². The Morgan fingerprint density at radius 2 is 1.97 bits per heavy atom. The molecule has 6 rings (SSSR count). The lowest BCUT2D eigenvalue weighted by atomic mass is 9.68. The molecule has 1 aromatic carbocycles.